The first kappa shape index (κ1) is 17.0. The highest BCUT2D eigenvalue weighted by Gasteiger charge is 2.20. The summed E-state index contributed by atoms with van der Waals surface area (Å²) in [6, 6.07) is 9.48. The summed E-state index contributed by atoms with van der Waals surface area (Å²) in [6.07, 6.45) is 7.88. The van der Waals surface area contributed by atoms with Crippen molar-refractivity contribution in [3.05, 3.63) is 30.3 Å². The highest BCUT2D eigenvalue weighted by molar-refractivity contribution is 5.20. The van der Waals surface area contributed by atoms with Crippen LogP contribution in [0.25, 0.3) is 0 Å². The lowest BCUT2D eigenvalue weighted by atomic mass is 10.1. The van der Waals surface area contributed by atoms with Gasteiger partial charge >= 0.3 is 0 Å². The van der Waals surface area contributed by atoms with Gasteiger partial charge in [-0.15, -0.1) is 0 Å². The van der Waals surface area contributed by atoms with Crippen LogP contribution >= 0.6 is 0 Å². The maximum absolute atomic E-state index is 10.1. The van der Waals surface area contributed by atoms with Crippen molar-refractivity contribution in [3.63, 3.8) is 0 Å². The highest BCUT2D eigenvalue weighted by Crippen LogP contribution is 2.18. The summed E-state index contributed by atoms with van der Waals surface area (Å²) in [4.78, 5) is 0. The van der Waals surface area contributed by atoms with Gasteiger partial charge in [-0.3, -0.25) is 0 Å². The molecule has 1 aromatic carbocycles. The molecule has 1 aromatic rings. The molecule has 0 aliphatic carbocycles. The molecule has 1 rings (SSSR count). The Morgan fingerprint density at radius 1 is 1.00 bits per heavy atom. The monoisotopic (exact) mass is 280 g/mol. The largest absolute Gasteiger partial charge is 0.467 e. The molecule has 0 saturated carbocycles. The van der Waals surface area contributed by atoms with Gasteiger partial charge < -0.3 is 14.6 Å². The van der Waals surface area contributed by atoms with E-state index in [1.165, 1.54) is 25.7 Å². The molecule has 0 fully saturated rings. The quantitative estimate of drug-likeness (QED) is 0.479. The molecular weight excluding hydrogens is 252 g/mol. The number of hydrogen-bond donors (Lipinski definition) is 1. The predicted octanol–water partition coefficient (Wildman–Crippen LogP) is 4.50. The summed E-state index contributed by atoms with van der Waals surface area (Å²) in [6.45, 7) is 3.99. The third-order valence-corrected chi connectivity index (χ3v) is 3.33. The summed E-state index contributed by atoms with van der Waals surface area (Å²) in [5, 5.41) is 10.1. The van der Waals surface area contributed by atoms with Crippen LogP contribution in [-0.4, -0.2) is 17.7 Å². The number of benzene rings is 1. The molecule has 0 radical (unpaired) electrons. The summed E-state index contributed by atoms with van der Waals surface area (Å²) < 4.78 is 10.8. The third kappa shape index (κ3) is 8.18. The molecule has 1 N–H and O–H groups in total. The lowest BCUT2D eigenvalue weighted by Crippen LogP contribution is -2.30. The van der Waals surface area contributed by atoms with Gasteiger partial charge in [0.05, 0.1) is 0 Å². The van der Waals surface area contributed by atoms with Crippen molar-refractivity contribution in [2.45, 2.75) is 64.6 Å². The maximum atomic E-state index is 10.1. The van der Waals surface area contributed by atoms with Crippen LogP contribution in [0, 0.1) is 0 Å². The highest BCUT2D eigenvalue weighted by atomic mass is 16.7. The lowest BCUT2D eigenvalue weighted by molar-refractivity contribution is -0.224. The summed E-state index contributed by atoms with van der Waals surface area (Å²) >= 11 is 0. The van der Waals surface area contributed by atoms with Crippen LogP contribution in [0.1, 0.15) is 58.8 Å². The van der Waals surface area contributed by atoms with Gasteiger partial charge in [-0.2, -0.15) is 0 Å². The Balaban J connectivity index is 2.08. The Kier molecular flexibility index (Phi) is 8.31. The number of hydrogen-bond acceptors (Lipinski definition) is 3. The summed E-state index contributed by atoms with van der Waals surface area (Å²) in [5.74, 6) is -0.345. The standard InChI is InChI=1S/C17H28O3/c1-3-4-5-6-7-11-14-17(2,18)20-15-19-16-12-9-8-10-13-16/h8-10,12-13,18H,3-7,11,14-15H2,1-2H3. The first-order chi connectivity index (χ1) is 9.64. The SMILES string of the molecule is CCCCCCCCC(C)(O)OCOc1ccccc1. The van der Waals surface area contributed by atoms with Crippen LogP contribution in [0.5, 0.6) is 5.75 Å². The van der Waals surface area contributed by atoms with Crippen molar-refractivity contribution < 1.29 is 14.6 Å². The van der Waals surface area contributed by atoms with E-state index in [4.69, 9.17) is 9.47 Å². The third-order valence-electron chi connectivity index (χ3n) is 3.33. The first-order valence-electron chi connectivity index (χ1n) is 7.68. The van der Waals surface area contributed by atoms with Crippen LogP contribution in [0.3, 0.4) is 0 Å². The summed E-state index contributed by atoms with van der Waals surface area (Å²) in [5.41, 5.74) is 0. The van der Waals surface area contributed by atoms with Crippen molar-refractivity contribution >= 4 is 0 Å². The number of para-hydroxylation sites is 1. The molecule has 0 bridgehead atoms. The van der Waals surface area contributed by atoms with Gasteiger partial charge in [-0.25, -0.2) is 0 Å². The van der Waals surface area contributed by atoms with Gasteiger partial charge in [0.1, 0.15) is 5.75 Å². The molecule has 114 valence electrons. The minimum absolute atomic E-state index is 0.0762. The van der Waals surface area contributed by atoms with E-state index in [-0.39, 0.29) is 6.79 Å². The zero-order valence-corrected chi connectivity index (χ0v) is 12.8. The molecule has 0 amide bonds. The fourth-order valence-electron chi connectivity index (χ4n) is 2.05. The van der Waals surface area contributed by atoms with Crippen LogP contribution in [-0.2, 0) is 4.74 Å². The molecule has 0 saturated heterocycles. The van der Waals surface area contributed by atoms with Crippen molar-refractivity contribution in [1.82, 2.24) is 0 Å². The molecule has 3 nitrogen and oxygen atoms in total. The van der Waals surface area contributed by atoms with Crippen LogP contribution < -0.4 is 4.74 Å². The lowest BCUT2D eigenvalue weighted by Gasteiger charge is -2.23. The van der Waals surface area contributed by atoms with Crippen molar-refractivity contribution in [2.24, 2.45) is 0 Å². The average Bonchev–Trinajstić information content (AvgIpc) is 2.44. The summed E-state index contributed by atoms with van der Waals surface area (Å²) in [7, 11) is 0. The molecule has 3 heteroatoms. The second kappa shape index (κ2) is 9.78. The Morgan fingerprint density at radius 3 is 2.35 bits per heavy atom. The normalized spacial score (nSPS) is 13.9. The maximum Gasteiger partial charge on any atom is 0.192 e. The molecule has 0 heterocycles. The van der Waals surface area contributed by atoms with Gasteiger partial charge in [0, 0.05) is 6.42 Å². The van der Waals surface area contributed by atoms with E-state index in [0.29, 0.717) is 6.42 Å². The van der Waals surface area contributed by atoms with Crippen molar-refractivity contribution in [1.29, 1.82) is 0 Å². The van der Waals surface area contributed by atoms with Crippen LogP contribution in [0.4, 0.5) is 0 Å². The molecule has 0 aromatic heterocycles. The second-order valence-corrected chi connectivity index (χ2v) is 5.41. The van der Waals surface area contributed by atoms with Gasteiger partial charge in [-0.1, -0.05) is 57.2 Å². The van der Waals surface area contributed by atoms with Gasteiger partial charge in [-0.05, 0) is 25.5 Å². The molecule has 1 atom stereocenters. The number of unbranched alkanes of at least 4 members (excludes halogenated alkanes) is 5. The molecule has 0 aliphatic rings. The average molecular weight is 280 g/mol. The van der Waals surface area contributed by atoms with E-state index < -0.39 is 5.79 Å². The van der Waals surface area contributed by atoms with Crippen LogP contribution in [0.15, 0.2) is 30.3 Å². The molecule has 0 spiro atoms. The van der Waals surface area contributed by atoms with E-state index in [0.717, 1.165) is 18.6 Å². The zero-order valence-electron chi connectivity index (χ0n) is 12.8. The first-order valence-corrected chi connectivity index (χ1v) is 7.68. The Hall–Kier alpha value is -1.06. The number of rotatable bonds is 11. The minimum Gasteiger partial charge on any atom is -0.467 e. The Bertz CT molecular complexity index is 335. The fraction of sp³-hybridized carbons (Fsp3) is 0.647. The van der Waals surface area contributed by atoms with E-state index >= 15 is 0 Å². The Labute approximate surface area is 122 Å². The molecule has 20 heavy (non-hydrogen) atoms. The van der Waals surface area contributed by atoms with Gasteiger partial charge in [0.25, 0.3) is 0 Å². The zero-order chi connectivity index (χ0) is 14.7. The number of aliphatic hydroxyl groups is 1. The fourth-order valence-corrected chi connectivity index (χ4v) is 2.05. The van der Waals surface area contributed by atoms with E-state index in [2.05, 4.69) is 6.92 Å². The van der Waals surface area contributed by atoms with E-state index in [9.17, 15) is 5.11 Å². The van der Waals surface area contributed by atoms with E-state index in [1.807, 2.05) is 30.3 Å². The number of ether oxygens (including phenoxy) is 2. The Morgan fingerprint density at radius 2 is 1.65 bits per heavy atom. The van der Waals surface area contributed by atoms with E-state index in [1.54, 1.807) is 6.92 Å². The van der Waals surface area contributed by atoms with Crippen molar-refractivity contribution in [3.8, 4) is 5.75 Å². The molecule has 1 unspecified atom stereocenters. The topological polar surface area (TPSA) is 38.7 Å². The molecule has 0 aliphatic heterocycles. The van der Waals surface area contributed by atoms with Gasteiger partial charge in [0.15, 0.2) is 12.6 Å². The minimum atomic E-state index is -1.10. The van der Waals surface area contributed by atoms with Crippen LogP contribution in [0.2, 0.25) is 0 Å². The smallest absolute Gasteiger partial charge is 0.192 e. The second-order valence-electron chi connectivity index (χ2n) is 5.41. The van der Waals surface area contributed by atoms with Crippen molar-refractivity contribution in [2.75, 3.05) is 6.79 Å². The predicted molar refractivity (Wildman–Crippen MR) is 81.6 cm³/mol. The van der Waals surface area contributed by atoms with Gasteiger partial charge in [0.2, 0.25) is 0 Å². The molecular formula is C17H28O3.